The molecule has 0 fully saturated rings. The van der Waals surface area contributed by atoms with Crippen molar-refractivity contribution in [3.8, 4) is 0 Å². The van der Waals surface area contributed by atoms with Crippen LogP contribution in [-0.4, -0.2) is 70.0 Å². The highest BCUT2D eigenvalue weighted by Gasteiger charge is 2.21. The van der Waals surface area contributed by atoms with Crippen molar-refractivity contribution in [2.45, 2.75) is 213 Å². The summed E-state index contributed by atoms with van der Waals surface area (Å²) in [7, 11) is 1.14. The van der Waals surface area contributed by atoms with Crippen molar-refractivity contribution in [2.24, 2.45) is 0 Å². The molecular formula is C62H104NO8P. The third-order valence-electron chi connectivity index (χ3n) is 11.5. The number of unbranched alkanes of at least 4 members (excludes halogenated alkanes) is 16. The van der Waals surface area contributed by atoms with Gasteiger partial charge in [-0.05, 0) is 103 Å². The normalized spacial score (nSPS) is 14.2. The fourth-order valence-corrected chi connectivity index (χ4v) is 7.83. The molecule has 0 radical (unpaired) electrons. The van der Waals surface area contributed by atoms with Crippen molar-refractivity contribution in [1.29, 1.82) is 0 Å². The summed E-state index contributed by atoms with van der Waals surface area (Å²) in [6.45, 7) is 4.04. The van der Waals surface area contributed by atoms with Gasteiger partial charge in [0.1, 0.15) is 19.8 Å². The van der Waals surface area contributed by atoms with Gasteiger partial charge in [0.25, 0.3) is 7.82 Å². The van der Waals surface area contributed by atoms with Crippen LogP contribution < -0.4 is 4.89 Å². The van der Waals surface area contributed by atoms with E-state index >= 15 is 0 Å². The molecule has 0 aliphatic rings. The molecule has 0 rings (SSSR count). The maximum atomic E-state index is 12.8. The Hall–Kier alpha value is -3.59. The van der Waals surface area contributed by atoms with Crippen molar-refractivity contribution < 1.29 is 42.1 Å². The highest BCUT2D eigenvalue weighted by atomic mass is 31.2. The summed E-state index contributed by atoms with van der Waals surface area (Å²) < 4.78 is 34.0. The summed E-state index contributed by atoms with van der Waals surface area (Å²) >= 11 is 0. The lowest BCUT2D eigenvalue weighted by molar-refractivity contribution is -0.870. The molecule has 0 spiro atoms. The number of phosphoric acid groups is 1. The fraction of sp³-hybridized carbons (Fsp3) is 0.645. The van der Waals surface area contributed by atoms with Crippen LogP contribution in [0.25, 0.3) is 0 Å². The topological polar surface area (TPSA) is 111 Å². The molecule has 2 atom stereocenters. The quantitative estimate of drug-likeness (QED) is 0.0195. The summed E-state index contributed by atoms with van der Waals surface area (Å²) in [5.41, 5.74) is 0. The van der Waals surface area contributed by atoms with Crippen LogP contribution in [0.3, 0.4) is 0 Å². The molecule has 0 aliphatic heterocycles. The second-order valence-electron chi connectivity index (χ2n) is 19.6. The van der Waals surface area contributed by atoms with E-state index in [0.29, 0.717) is 23.9 Å². The number of phosphoric ester groups is 1. The number of carbonyl (C=O) groups is 2. The van der Waals surface area contributed by atoms with Gasteiger partial charge in [-0.2, -0.15) is 0 Å². The molecular weight excluding hydrogens is 918 g/mol. The summed E-state index contributed by atoms with van der Waals surface area (Å²) in [5.74, 6) is -0.861. The predicted molar refractivity (Wildman–Crippen MR) is 305 cm³/mol. The van der Waals surface area contributed by atoms with Gasteiger partial charge in [-0.3, -0.25) is 14.2 Å². The zero-order chi connectivity index (χ0) is 52.7. The second kappa shape index (κ2) is 52.3. The zero-order valence-corrected chi connectivity index (χ0v) is 47.2. The Morgan fingerprint density at radius 2 is 0.792 bits per heavy atom. The zero-order valence-electron chi connectivity index (χ0n) is 46.3. The lowest BCUT2D eigenvalue weighted by atomic mass is 10.1. The first-order valence-electron chi connectivity index (χ1n) is 28.2. The van der Waals surface area contributed by atoms with E-state index in [0.717, 1.165) is 122 Å². The van der Waals surface area contributed by atoms with E-state index in [1.165, 1.54) is 44.9 Å². The summed E-state index contributed by atoms with van der Waals surface area (Å²) in [5, 5.41) is 0. The van der Waals surface area contributed by atoms with Crippen molar-refractivity contribution in [1.82, 2.24) is 0 Å². The number of allylic oxidation sites excluding steroid dienone is 20. The van der Waals surface area contributed by atoms with Crippen LogP contribution in [0.1, 0.15) is 206 Å². The Morgan fingerprint density at radius 1 is 0.444 bits per heavy atom. The van der Waals surface area contributed by atoms with Crippen molar-refractivity contribution >= 4 is 19.8 Å². The average Bonchev–Trinajstić information content (AvgIpc) is 3.34. The van der Waals surface area contributed by atoms with Gasteiger partial charge in [-0.15, -0.1) is 0 Å². The van der Waals surface area contributed by atoms with Crippen molar-refractivity contribution in [2.75, 3.05) is 47.5 Å². The van der Waals surface area contributed by atoms with E-state index in [1.54, 1.807) is 0 Å². The molecule has 0 bridgehead atoms. The van der Waals surface area contributed by atoms with Crippen LogP contribution in [0.15, 0.2) is 122 Å². The molecule has 10 heteroatoms. The fourth-order valence-electron chi connectivity index (χ4n) is 7.10. The number of rotatable bonds is 50. The minimum absolute atomic E-state index is 0.0389. The Labute approximate surface area is 441 Å². The minimum Gasteiger partial charge on any atom is -0.756 e. The first-order chi connectivity index (χ1) is 35.0. The molecule has 0 aromatic rings. The lowest BCUT2D eigenvalue weighted by Gasteiger charge is -2.28. The smallest absolute Gasteiger partial charge is 0.306 e. The molecule has 0 heterocycles. The van der Waals surface area contributed by atoms with E-state index in [9.17, 15) is 19.0 Å². The van der Waals surface area contributed by atoms with Crippen LogP contribution in [0.4, 0.5) is 0 Å². The predicted octanol–water partition coefficient (Wildman–Crippen LogP) is 17.0. The van der Waals surface area contributed by atoms with Gasteiger partial charge in [-0.25, -0.2) is 0 Å². The molecule has 0 saturated heterocycles. The van der Waals surface area contributed by atoms with Crippen molar-refractivity contribution in [3.63, 3.8) is 0 Å². The Morgan fingerprint density at radius 3 is 1.19 bits per heavy atom. The van der Waals surface area contributed by atoms with Gasteiger partial charge in [0, 0.05) is 12.8 Å². The maximum absolute atomic E-state index is 12.8. The molecule has 0 aromatic heterocycles. The van der Waals surface area contributed by atoms with Crippen LogP contribution >= 0.6 is 7.82 Å². The largest absolute Gasteiger partial charge is 0.756 e. The van der Waals surface area contributed by atoms with E-state index in [4.69, 9.17) is 18.5 Å². The first kappa shape index (κ1) is 68.4. The number of likely N-dealkylation sites (N-methyl/N-ethyl adjacent to an activating group) is 1. The van der Waals surface area contributed by atoms with Crippen LogP contribution in [0.2, 0.25) is 0 Å². The van der Waals surface area contributed by atoms with Crippen molar-refractivity contribution in [3.05, 3.63) is 122 Å². The SMILES string of the molecule is CC/C=C\C/C=C\C/C=C\C/C=C\C/C=C\C/C=C\C/C=C\C/C=C\C/C=C\CCCCCCCCCCCC(=O)OC(COC(=O)CCCCCCC/C=C\CCCC)COP(=O)([O-])OCC[N+](C)(C)C. The number of carbonyl (C=O) groups excluding carboxylic acids is 2. The van der Waals surface area contributed by atoms with Crippen LogP contribution in [0, 0.1) is 0 Å². The average molecular weight is 1020 g/mol. The molecule has 0 aliphatic carbocycles. The highest BCUT2D eigenvalue weighted by molar-refractivity contribution is 7.45. The highest BCUT2D eigenvalue weighted by Crippen LogP contribution is 2.38. The van der Waals surface area contributed by atoms with Gasteiger partial charge >= 0.3 is 11.9 Å². The Kier molecular flexibility index (Phi) is 49.7. The number of esters is 2. The number of nitrogens with zero attached hydrogens (tertiary/aromatic N) is 1. The molecule has 2 unspecified atom stereocenters. The van der Waals surface area contributed by atoms with Crippen LogP contribution in [-0.2, 0) is 32.7 Å². The van der Waals surface area contributed by atoms with Crippen LogP contribution in [0.5, 0.6) is 0 Å². The molecule has 9 nitrogen and oxygen atoms in total. The first-order valence-corrected chi connectivity index (χ1v) is 29.7. The minimum atomic E-state index is -4.64. The molecule has 410 valence electrons. The van der Waals surface area contributed by atoms with Gasteiger partial charge < -0.3 is 27.9 Å². The molecule has 0 aromatic carbocycles. The molecule has 0 saturated carbocycles. The van der Waals surface area contributed by atoms with E-state index < -0.39 is 32.5 Å². The summed E-state index contributed by atoms with van der Waals surface area (Å²) in [6.07, 6.45) is 74.0. The van der Waals surface area contributed by atoms with Gasteiger partial charge in [-0.1, -0.05) is 212 Å². The number of hydrogen-bond donors (Lipinski definition) is 0. The molecule has 72 heavy (non-hydrogen) atoms. The lowest BCUT2D eigenvalue weighted by Crippen LogP contribution is -2.37. The summed E-state index contributed by atoms with van der Waals surface area (Å²) in [4.78, 5) is 37.7. The Balaban J connectivity index is 4.11. The summed E-state index contributed by atoms with van der Waals surface area (Å²) in [6, 6.07) is 0. The monoisotopic (exact) mass is 1020 g/mol. The van der Waals surface area contributed by atoms with E-state index in [2.05, 4.69) is 135 Å². The third kappa shape index (κ3) is 55.7. The molecule has 0 amide bonds. The van der Waals surface area contributed by atoms with Gasteiger partial charge in [0.05, 0.1) is 27.7 Å². The van der Waals surface area contributed by atoms with Gasteiger partial charge in [0.15, 0.2) is 6.10 Å². The maximum Gasteiger partial charge on any atom is 0.306 e. The van der Waals surface area contributed by atoms with E-state index in [1.807, 2.05) is 21.1 Å². The second-order valence-corrected chi connectivity index (χ2v) is 21.0. The standard InChI is InChI=1S/C62H104NO8P/c1-6-8-10-12-14-16-18-19-20-21-22-23-24-25-26-27-28-29-30-31-32-33-34-35-36-37-38-39-40-41-42-43-45-47-49-51-53-55-62(65)71-60(59-70-72(66,67)69-57-56-63(3,4)5)58-68-61(64)54-52-50-48-46-44-17-15-13-11-9-7-2/h8,10,13-16,19-20,22-23,25-26,28-29,31-32,34-35,37-38,60H,6-7,9,11-12,17-18,21,24,27,30,33,36,39-59H2,1-5H3/b10-8-,15-13-,16-14-,20-19-,23-22-,26-25-,29-28-,32-31-,35-34-,38-37-. The molecule has 0 N–H and O–H groups in total. The number of hydrogen-bond acceptors (Lipinski definition) is 8. The van der Waals surface area contributed by atoms with Gasteiger partial charge in [0.2, 0.25) is 0 Å². The Bertz CT molecular complexity index is 1630. The van der Waals surface area contributed by atoms with E-state index in [-0.39, 0.29) is 26.1 Å². The number of ether oxygens (including phenoxy) is 2. The third-order valence-corrected chi connectivity index (χ3v) is 12.4. The number of quaternary nitrogens is 1.